The molecule has 1 heterocycles. The zero-order chi connectivity index (χ0) is 17.0. The van der Waals surface area contributed by atoms with Crippen LogP contribution in [-0.2, 0) is 6.42 Å². The van der Waals surface area contributed by atoms with Gasteiger partial charge in [-0.25, -0.2) is 0 Å². The Hall–Kier alpha value is -2.68. The van der Waals surface area contributed by atoms with Crippen LogP contribution in [0.15, 0.2) is 16.7 Å². The van der Waals surface area contributed by atoms with E-state index < -0.39 is 0 Å². The first-order valence-corrected chi connectivity index (χ1v) is 7.16. The van der Waals surface area contributed by atoms with Crippen molar-refractivity contribution >= 4 is 0 Å². The van der Waals surface area contributed by atoms with E-state index in [1.165, 1.54) is 0 Å². The molecule has 2 aromatic rings. The molecular formula is C17H20N2O4. The minimum Gasteiger partial charge on any atom is -0.493 e. The first-order valence-electron chi connectivity index (χ1n) is 7.16. The molecule has 0 fully saturated rings. The highest BCUT2D eigenvalue weighted by Crippen LogP contribution is 2.39. The van der Waals surface area contributed by atoms with Gasteiger partial charge < -0.3 is 18.7 Å². The van der Waals surface area contributed by atoms with Crippen molar-refractivity contribution in [3.8, 4) is 23.3 Å². The molecule has 6 nitrogen and oxygen atoms in total. The summed E-state index contributed by atoms with van der Waals surface area (Å²) in [5, 5.41) is 13.5. The van der Waals surface area contributed by atoms with Gasteiger partial charge in [0.25, 0.3) is 0 Å². The van der Waals surface area contributed by atoms with Crippen molar-refractivity contribution < 1.29 is 18.7 Å². The SMILES string of the molecule is COc1cc(CC(C#N)c2c(C)noc2C)cc(OC)c1OC. The zero-order valence-corrected chi connectivity index (χ0v) is 14.0. The van der Waals surface area contributed by atoms with E-state index in [0.717, 1.165) is 16.8 Å². The molecule has 0 radical (unpaired) electrons. The molecule has 0 aliphatic rings. The Balaban J connectivity index is 2.41. The highest BCUT2D eigenvalue weighted by Gasteiger charge is 2.22. The third-order valence-corrected chi connectivity index (χ3v) is 3.76. The number of nitrogens with zero attached hydrogens (tertiary/aromatic N) is 2. The first kappa shape index (κ1) is 16.7. The van der Waals surface area contributed by atoms with E-state index in [1.54, 1.807) is 21.3 Å². The molecule has 1 aromatic carbocycles. The number of ether oxygens (including phenoxy) is 3. The summed E-state index contributed by atoms with van der Waals surface area (Å²) in [5.41, 5.74) is 2.48. The zero-order valence-electron chi connectivity index (χ0n) is 14.0. The van der Waals surface area contributed by atoms with E-state index in [0.29, 0.717) is 29.4 Å². The van der Waals surface area contributed by atoms with Gasteiger partial charge in [-0.2, -0.15) is 5.26 Å². The molecule has 0 saturated carbocycles. The maximum atomic E-state index is 9.56. The van der Waals surface area contributed by atoms with Crippen LogP contribution in [0.25, 0.3) is 0 Å². The normalized spacial score (nSPS) is 11.7. The van der Waals surface area contributed by atoms with Crippen molar-refractivity contribution in [3.63, 3.8) is 0 Å². The maximum absolute atomic E-state index is 9.56. The van der Waals surface area contributed by atoms with Gasteiger partial charge in [0, 0.05) is 5.56 Å². The average Bonchev–Trinajstić information content (AvgIpc) is 2.90. The van der Waals surface area contributed by atoms with Crippen LogP contribution in [-0.4, -0.2) is 26.5 Å². The second kappa shape index (κ2) is 7.05. The van der Waals surface area contributed by atoms with E-state index in [4.69, 9.17) is 18.7 Å². The highest BCUT2D eigenvalue weighted by molar-refractivity contribution is 5.54. The molecule has 0 amide bonds. The Morgan fingerprint density at radius 1 is 1.13 bits per heavy atom. The number of benzene rings is 1. The lowest BCUT2D eigenvalue weighted by molar-refractivity contribution is 0.323. The molecule has 0 aliphatic heterocycles. The van der Waals surface area contributed by atoms with Gasteiger partial charge in [-0.15, -0.1) is 0 Å². The molecule has 6 heteroatoms. The molecular weight excluding hydrogens is 296 g/mol. The lowest BCUT2D eigenvalue weighted by Crippen LogP contribution is -2.04. The smallest absolute Gasteiger partial charge is 0.203 e. The summed E-state index contributed by atoms with van der Waals surface area (Å²) in [5.74, 6) is 1.98. The van der Waals surface area contributed by atoms with Crippen LogP contribution in [0.4, 0.5) is 0 Å². The Kier molecular flexibility index (Phi) is 5.12. The number of aryl methyl sites for hydroxylation is 2. The summed E-state index contributed by atoms with van der Waals surface area (Å²) >= 11 is 0. The Morgan fingerprint density at radius 3 is 2.13 bits per heavy atom. The first-order chi connectivity index (χ1) is 11.0. The van der Waals surface area contributed by atoms with Crippen LogP contribution in [0.3, 0.4) is 0 Å². The summed E-state index contributed by atoms with van der Waals surface area (Å²) in [6, 6.07) is 6.03. The minimum atomic E-state index is -0.357. The van der Waals surface area contributed by atoms with Crippen LogP contribution < -0.4 is 14.2 Å². The van der Waals surface area contributed by atoms with Crippen molar-refractivity contribution in [2.24, 2.45) is 0 Å². The largest absolute Gasteiger partial charge is 0.493 e. The molecule has 0 N–H and O–H groups in total. The number of methoxy groups -OCH3 is 3. The summed E-state index contributed by atoms with van der Waals surface area (Å²) < 4.78 is 21.2. The molecule has 0 spiro atoms. The third kappa shape index (κ3) is 3.24. The third-order valence-electron chi connectivity index (χ3n) is 3.76. The fourth-order valence-electron chi connectivity index (χ4n) is 2.69. The van der Waals surface area contributed by atoms with Gasteiger partial charge in [0.15, 0.2) is 11.5 Å². The van der Waals surface area contributed by atoms with E-state index in [-0.39, 0.29) is 5.92 Å². The summed E-state index contributed by atoms with van der Waals surface area (Å²) in [4.78, 5) is 0. The van der Waals surface area contributed by atoms with Crippen molar-refractivity contribution in [1.29, 1.82) is 5.26 Å². The van der Waals surface area contributed by atoms with Gasteiger partial charge in [0.05, 0.1) is 39.0 Å². The summed E-state index contributed by atoms with van der Waals surface area (Å²) in [7, 11) is 4.69. The standard InChI is InChI=1S/C17H20N2O4/c1-10-16(11(2)23-19-10)13(9-18)6-12-7-14(20-3)17(22-5)15(8-12)21-4/h7-8,13H,6H2,1-5H3. The predicted molar refractivity (Wildman–Crippen MR) is 84.1 cm³/mol. The van der Waals surface area contributed by atoms with Crippen LogP contribution in [0.5, 0.6) is 17.2 Å². The predicted octanol–water partition coefficient (Wildman–Crippen LogP) is 3.17. The van der Waals surface area contributed by atoms with Crippen molar-refractivity contribution in [2.75, 3.05) is 21.3 Å². The molecule has 1 aromatic heterocycles. The van der Waals surface area contributed by atoms with Crippen molar-refractivity contribution in [3.05, 3.63) is 34.7 Å². The number of hydrogen-bond acceptors (Lipinski definition) is 6. The summed E-state index contributed by atoms with van der Waals surface area (Å²) in [6.07, 6.45) is 0.496. The van der Waals surface area contributed by atoms with Crippen molar-refractivity contribution in [1.82, 2.24) is 5.16 Å². The quantitative estimate of drug-likeness (QED) is 0.814. The molecule has 2 rings (SSSR count). The maximum Gasteiger partial charge on any atom is 0.203 e. The molecule has 1 unspecified atom stereocenters. The van der Waals surface area contributed by atoms with Gasteiger partial charge in [0.2, 0.25) is 5.75 Å². The van der Waals surface area contributed by atoms with E-state index >= 15 is 0 Å². The Bertz CT molecular complexity index is 686. The second-order valence-corrected chi connectivity index (χ2v) is 5.16. The fourth-order valence-corrected chi connectivity index (χ4v) is 2.69. The summed E-state index contributed by atoms with van der Waals surface area (Å²) in [6.45, 7) is 3.65. The van der Waals surface area contributed by atoms with E-state index in [2.05, 4.69) is 11.2 Å². The van der Waals surface area contributed by atoms with E-state index in [1.807, 2.05) is 26.0 Å². The minimum absolute atomic E-state index is 0.357. The molecule has 23 heavy (non-hydrogen) atoms. The number of aromatic nitrogens is 1. The molecule has 0 saturated heterocycles. The molecule has 0 aliphatic carbocycles. The van der Waals surface area contributed by atoms with Crippen LogP contribution in [0.2, 0.25) is 0 Å². The van der Waals surface area contributed by atoms with Crippen LogP contribution in [0, 0.1) is 25.2 Å². The van der Waals surface area contributed by atoms with Crippen molar-refractivity contribution in [2.45, 2.75) is 26.2 Å². The van der Waals surface area contributed by atoms with E-state index in [9.17, 15) is 5.26 Å². The molecule has 122 valence electrons. The van der Waals surface area contributed by atoms with Gasteiger partial charge in [-0.3, -0.25) is 0 Å². The lowest BCUT2D eigenvalue weighted by Gasteiger charge is -2.15. The highest BCUT2D eigenvalue weighted by atomic mass is 16.5. The Labute approximate surface area is 135 Å². The number of nitriles is 1. The van der Waals surface area contributed by atoms with Crippen LogP contribution in [0.1, 0.15) is 28.5 Å². The number of hydrogen-bond donors (Lipinski definition) is 0. The van der Waals surface area contributed by atoms with Crippen LogP contribution >= 0.6 is 0 Å². The van der Waals surface area contributed by atoms with Gasteiger partial charge in [-0.1, -0.05) is 5.16 Å². The number of rotatable bonds is 6. The van der Waals surface area contributed by atoms with Gasteiger partial charge in [0.1, 0.15) is 5.76 Å². The average molecular weight is 316 g/mol. The van der Waals surface area contributed by atoms with Gasteiger partial charge >= 0.3 is 0 Å². The topological polar surface area (TPSA) is 77.5 Å². The van der Waals surface area contributed by atoms with Gasteiger partial charge in [-0.05, 0) is 38.0 Å². The second-order valence-electron chi connectivity index (χ2n) is 5.16. The fraction of sp³-hybridized carbons (Fsp3) is 0.412. The molecule has 0 bridgehead atoms. The molecule has 1 atom stereocenters. The lowest BCUT2D eigenvalue weighted by atomic mass is 9.91. The monoisotopic (exact) mass is 316 g/mol. The Morgan fingerprint density at radius 2 is 1.74 bits per heavy atom.